The summed E-state index contributed by atoms with van der Waals surface area (Å²) in [6.07, 6.45) is -4.41. The third-order valence-electron chi connectivity index (χ3n) is 2.86. The van der Waals surface area contributed by atoms with E-state index in [-0.39, 0.29) is 10.7 Å². The van der Waals surface area contributed by atoms with Crippen LogP contribution in [0.4, 0.5) is 18.9 Å². The van der Waals surface area contributed by atoms with E-state index in [0.29, 0.717) is 12.1 Å². The van der Waals surface area contributed by atoms with E-state index in [1.165, 1.54) is 6.07 Å². The summed E-state index contributed by atoms with van der Waals surface area (Å²) in [6, 6.07) is 11.9. The molecular formula is C15H10ClF3N2. The largest absolute Gasteiger partial charge is 0.416 e. The molecule has 0 radical (unpaired) electrons. The van der Waals surface area contributed by atoms with Crippen LogP contribution in [0.1, 0.15) is 16.7 Å². The van der Waals surface area contributed by atoms with Crippen molar-refractivity contribution in [3.05, 3.63) is 64.2 Å². The Bertz CT molecular complexity index is 673. The fourth-order valence-electron chi connectivity index (χ4n) is 1.73. The zero-order chi connectivity index (χ0) is 15.5. The number of anilines is 1. The number of halogens is 4. The van der Waals surface area contributed by atoms with Crippen LogP contribution in [-0.4, -0.2) is 0 Å². The van der Waals surface area contributed by atoms with Gasteiger partial charge in [0.2, 0.25) is 0 Å². The molecule has 0 fully saturated rings. The SMILES string of the molecule is N#Cc1ccc(CNc2cc(C(F)(F)F)ccc2Cl)cc1. The van der Waals surface area contributed by atoms with Gasteiger partial charge in [-0.2, -0.15) is 18.4 Å². The van der Waals surface area contributed by atoms with Crippen molar-refractivity contribution in [1.82, 2.24) is 0 Å². The molecule has 0 spiro atoms. The molecule has 2 nitrogen and oxygen atoms in total. The molecule has 0 amide bonds. The van der Waals surface area contributed by atoms with Crippen LogP contribution in [0.15, 0.2) is 42.5 Å². The first-order valence-electron chi connectivity index (χ1n) is 6.00. The van der Waals surface area contributed by atoms with Crippen molar-refractivity contribution in [1.29, 1.82) is 5.26 Å². The van der Waals surface area contributed by atoms with Crippen LogP contribution < -0.4 is 5.32 Å². The summed E-state index contributed by atoms with van der Waals surface area (Å²) in [5.74, 6) is 0. The van der Waals surface area contributed by atoms with E-state index in [9.17, 15) is 13.2 Å². The molecule has 1 N–H and O–H groups in total. The summed E-state index contributed by atoms with van der Waals surface area (Å²) < 4.78 is 37.9. The van der Waals surface area contributed by atoms with Crippen LogP contribution in [0.25, 0.3) is 0 Å². The number of nitrogens with one attached hydrogen (secondary N) is 1. The van der Waals surface area contributed by atoms with Crippen molar-refractivity contribution < 1.29 is 13.2 Å². The zero-order valence-electron chi connectivity index (χ0n) is 10.7. The minimum Gasteiger partial charge on any atom is -0.380 e. The zero-order valence-corrected chi connectivity index (χ0v) is 11.5. The second-order valence-corrected chi connectivity index (χ2v) is 4.76. The third-order valence-corrected chi connectivity index (χ3v) is 3.19. The topological polar surface area (TPSA) is 35.8 Å². The monoisotopic (exact) mass is 310 g/mol. The first-order valence-corrected chi connectivity index (χ1v) is 6.37. The molecule has 21 heavy (non-hydrogen) atoms. The Morgan fingerprint density at radius 3 is 2.33 bits per heavy atom. The number of benzene rings is 2. The molecule has 0 unspecified atom stereocenters. The van der Waals surface area contributed by atoms with Crippen LogP contribution in [0.2, 0.25) is 5.02 Å². The van der Waals surface area contributed by atoms with Crippen molar-refractivity contribution >= 4 is 17.3 Å². The quantitative estimate of drug-likeness (QED) is 0.880. The average Bonchev–Trinajstić information content (AvgIpc) is 2.45. The summed E-state index contributed by atoms with van der Waals surface area (Å²) >= 11 is 5.89. The fourth-order valence-corrected chi connectivity index (χ4v) is 1.92. The molecule has 0 saturated carbocycles. The van der Waals surface area contributed by atoms with Crippen molar-refractivity contribution in [3.63, 3.8) is 0 Å². The molecule has 0 aromatic heterocycles. The minimum atomic E-state index is -4.41. The van der Waals surface area contributed by atoms with E-state index in [4.69, 9.17) is 16.9 Å². The van der Waals surface area contributed by atoms with Gasteiger partial charge < -0.3 is 5.32 Å². The highest BCUT2D eigenvalue weighted by atomic mass is 35.5. The molecule has 0 aliphatic heterocycles. The van der Waals surface area contributed by atoms with Crippen molar-refractivity contribution in [3.8, 4) is 6.07 Å². The van der Waals surface area contributed by atoms with Gasteiger partial charge in [0.1, 0.15) is 0 Å². The summed E-state index contributed by atoms with van der Waals surface area (Å²) in [5, 5.41) is 11.8. The van der Waals surface area contributed by atoms with Gasteiger partial charge in [0.05, 0.1) is 27.9 Å². The molecule has 0 heterocycles. The van der Waals surface area contributed by atoms with Gasteiger partial charge in [-0.25, -0.2) is 0 Å². The van der Waals surface area contributed by atoms with Gasteiger partial charge >= 0.3 is 6.18 Å². The Hall–Kier alpha value is -2.19. The second-order valence-electron chi connectivity index (χ2n) is 4.35. The Labute approximate surface area is 124 Å². The lowest BCUT2D eigenvalue weighted by molar-refractivity contribution is -0.137. The highest BCUT2D eigenvalue weighted by Crippen LogP contribution is 2.33. The van der Waals surface area contributed by atoms with Crippen molar-refractivity contribution in [2.24, 2.45) is 0 Å². The Balaban J connectivity index is 2.14. The summed E-state index contributed by atoms with van der Waals surface area (Å²) in [4.78, 5) is 0. The van der Waals surface area contributed by atoms with Crippen molar-refractivity contribution in [2.75, 3.05) is 5.32 Å². The number of nitrogens with zero attached hydrogens (tertiary/aromatic N) is 1. The lowest BCUT2D eigenvalue weighted by Crippen LogP contribution is -2.07. The second kappa shape index (κ2) is 6.06. The molecule has 2 rings (SSSR count). The van der Waals surface area contributed by atoms with Gasteiger partial charge in [0.15, 0.2) is 0 Å². The van der Waals surface area contributed by atoms with Crippen molar-refractivity contribution in [2.45, 2.75) is 12.7 Å². The van der Waals surface area contributed by atoms with Gasteiger partial charge in [0, 0.05) is 6.54 Å². The van der Waals surface area contributed by atoms with E-state index >= 15 is 0 Å². The molecule has 0 aliphatic carbocycles. The minimum absolute atomic E-state index is 0.218. The number of nitriles is 1. The molecule has 0 saturated heterocycles. The predicted molar refractivity (Wildman–Crippen MR) is 74.9 cm³/mol. The molecule has 0 bridgehead atoms. The Kier molecular flexibility index (Phi) is 4.39. The summed E-state index contributed by atoms with van der Waals surface area (Å²) in [6.45, 7) is 0.312. The van der Waals surface area contributed by atoms with Crippen LogP contribution in [0.5, 0.6) is 0 Å². The van der Waals surface area contributed by atoms with Crippen LogP contribution >= 0.6 is 11.6 Å². The lowest BCUT2D eigenvalue weighted by atomic mass is 10.1. The maximum absolute atomic E-state index is 12.6. The highest BCUT2D eigenvalue weighted by molar-refractivity contribution is 6.33. The highest BCUT2D eigenvalue weighted by Gasteiger charge is 2.30. The standard InChI is InChI=1S/C15H10ClF3N2/c16-13-6-5-12(15(17,18)19)7-14(13)21-9-11-3-1-10(8-20)2-4-11/h1-7,21H,9H2. The van der Waals surface area contributed by atoms with Crippen LogP contribution in [-0.2, 0) is 12.7 Å². The average molecular weight is 311 g/mol. The number of rotatable bonds is 3. The smallest absolute Gasteiger partial charge is 0.380 e. The van der Waals surface area contributed by atoms with Gasteiger partial charge in [-0.15, -0.1) is 0 Å². The van der Waals surface area contributed by atoms with E-state index in [0.717, 1.165) is 17.7 Å². The summed E-state index contributed by atoms with van der Waals surface area (Å²) in [7, 11) is 0. The molecular weight excluding hydrogens is 301 g/mol. The molecule has 0 aliphatic rings. The summed E-state index contributed by atoms with van der Waals surface area (Å²) in [5.41, 5.74) is 0.823. The first kappa shape index (κ1) is 15.2. The number of hydrogen-bond acceptors (Lipinski definition) is 2. The van der Waals surface area contributed by atoms with Gasteiger partial charge in [-0.05, 0) is 35.9 Å². The molecule has 2 aromatic rings. The van der Waals surface area contributed by atoms with Gasteiger partial charge in [-0.1, -0.05) is 23.7 Å². The lowest BCUT2D eigenvalue weighted by Gasteiger charge is -2.12. The van der Waals surface area contributed by atoms with Crippen LogP contribution in [0, 0.1) is 11.3 Å². The molecule has 2 aromatic carbocycles. The Morgan fingerprint density at radius 2 is 1.76 bits per heavy atom. The third kappa shape index (κ3) is 3.89. The first-order chi connectivity index (χ1) is 9.90. The predicted octanol–water partition coefficient (Wildman–Crippen LogP) is 4.84. The van der Waals surface area contributed by atoms with E-state index in [1.807, 2.05) is 6.07 Å². The number of hydrogen-bond donors (Lipinski definition) is 1. The maximum Gasteiger partial charge on any atom is 0.416 e. The molecule has 0 atom stereocenters. The van der Waals surface area contributed by atoms with Gasteiger partial charge in [0.25, 0.3) is 0 Å². The number of alkyl halides is 3. The Morgan fingerprint density at radius 1 is 1.10 bits per heavy atom. The maximum atomic E-state index is 12.6. The molecule has 108 valence electrons. The van der Waals surface area contributed by atoms with Crippen LogP contribution in [0.3, 0.4) is 0 Å². The van der Waals surface area contributed by atoms with E-state index in [2.05, 4.69) is 5.32 Å². The molecule has 6 heteroatoms. The normalized spacial score (nSPS) is 11.0. The van der Waals surface area contributed by atoms with Gasteiger partial charge in [-0.3, -0.25) is 0 Å². The van der Waals surface area contributed by atoms with E-state index in [1.54, 1.807) is 24.3 Å². The van der Waals surface area contributed by atoms with E-state index < -0.39 is 11.7 Å². The fraction of sp³-hybridized carbons (Fsp3) is 0.133.